The molecule has 0 spiro atoms. The highest BCUT2D eigenvalue weighted by molar-refractivity contribution is 6.34. The van der Waals surface area contributed by atoms with Gasteiger partial charge in [0, 0.05) is 0 Å². The summed E-state index contributed by atoms with van der Waals surface area (Å²) in [6.45, 7) is 5.11. The Morgan fingerprint density at radius 2 is 2.12 bits per heavy atom. The van der Waals surface area contributed by atoms with Crippen LogP contribution in [0.3, 0.4) is 0 Å². The highest BCUT2D eigenvalue weighted by Crippen LogP contribution is 2.12. The zero-order chi connectivity index (χ0) is 12.0. The van der Waals surface area contributed by atoms with Gasteiger partial charge in [0.15, 0.2) is 0 Å². The average molecular weight is 218 g/mol. The molecule has 16 heavy (non-hydrogen) atoms. The van der Waals surface area contributed by atoms with Crippen molar-refractivity contribution in [3.8, 4) is 0 Å². The van der Waals surface area contributed by atoms with E-state index in [1.807, 2.05) is 30.3 Å². The lowest BCUT2D eigenvalue weighted by Crippen LogP contribution is -2.18. The van der Waals surface area contributed by atoms with Crippen molar-refractivity contribution in [2.75, 3.05) is 0 Å². The topological polar surface area (TPSA) is 61.7 Å². The Morgan fingerprint density at radius 1 is 1.50 bits per heavy atom. The number of nitrogens with one attached hydrogen (secondary N) is 1. The van der Waals surface area contributed by atoms with E-state index in [1.165, 1.54) is 6.92 Å². The van der Waals surface area contributed by atoms with Crippen LogP contribution in [-0.4, -0.2) is 16.8 Å². The maximum Gasteiger partial charge on any atom is 0.351 e. The molecule has 1 aromatic carbocycles. The van der Waals surface area contributed by atoms with Gasteiger partial charge in [-0.05, 0) is 12.5 Å². The average Bonchev–Trinajstić information content (AvgIpc) is 2.30. The van der Waals surface area contributed by atoms with E-state index in [9.17, 15) is 4.79 Å². The van der Waals surface area contributed by atoms with Gasteiger partial charge in [0.2, 0.25) is 0 Å². The maximum absolute atomic E-state index is 10.5. The summed E-state index contributed by atoms with van der Waals surface area (Å²) in [5.41, 5.74) is 3.76. The number of hydrogen-bond acceptors (Lipinski definition) is 3. The molecule has 4 nitrogen and oxygen atoms in total. The summed E-state index contributed by atoms with van der Waals surface area (Å²) in [6, 6.07) is 9.38. The normalized spacial score (nSPS) is 12.9. The van der Waals surface area contributed by atoms with Crippen molar-refractivity contribution in [1.82, 2.24) is 5.43 Å². The predicted molar refractivity (Wildman–Crippen MR) is 63.3 cm³/mol. The van der Waals surface area contributed by atoms with E-state index in [4.69, 9.17) is 5.11 Å². The van der Waals surface area contributed by atoms with E-state index >= 15 is 0 Å². The smallest absolute Gasteiger partial charge is 0.351 e. The molecular formula is C12H14N2O2. The standard InChI is InChI=1S/C12H14N2O2/c1-3-11(10-7-5-4-6-8-10)14-13-9(2)12(15)16/h3-8,11,14H,1H2,2H3,(H,15,16). The lowest BCUT2D eigenvalue weighted by atomic mass is 10.1. The Morgan fingerprint density at radius 3 is 2.62 bits per heavy atom. The van der Waals surface area contributed by atoms with Crippen molar-refractivity contribution in [3.05, 3.63) is 48.6 Å². The number of nitrogens with zero attached hydrogens (tertiary/aromatic N) is 1. The van der Waals surface area contributed by atoms with Crippen LogP contribution < -0.4 is 5.43 Å². The van der Waals surface area contributed by atoms with Gasteiger partial charge < -0.3 is 5.11 Å². The maximum atomic E-state index is 10.5. The van der Waals surface area contributed by atoms with Crippen LogP contribution in [0.1, 0.15) is 18.5 Å². The lowest BCUT2D eigenvalue weighted by Gasteiger charge is -2.12. The summed E-state index contributed by atoms with van der Waals surface area (Å²) in [4.78, 5) is 10.5. The van der Waals surface area contributed by atoms with Gasteiger partial charge in [0.1, 0.15) is 5.71 Å². The fourth-order valence-electron chi connectivity index (χ4n) is 1.14. The Balaban J connectivity index is 2.75. The van der Waals surface area contributed by atoms with Crippen LogP contribution >= 0.6 is 0 Å². The molecular weight excluding hydrogens is 204 g/mol. The SMILES string of the molecule is C=CC(NN=C(C)C(=O)O)c1ccccc1. The molecule has 1 rings (SSSR count). The third-order valence-corrected chi connectivity index (χ3v) is 2.08. The minimum atomic E-state index is -1.04. The monoisotopic (exact) mass is 218 g/mol. The Bertz CT molecular complexity index is 399. The summed E-state index contributed by atoms with van der Waals surface area (Å²) in [5.74, 6) is -1.04. The molecule has 0 radical (unpaired) electrons. The second kappa shape index (κ2) is 5.70. The molecule has 84 valence electrons. The minimum Gasteiger partial charge on any atom is -0.477 e. The van der Waals surface area contributed by atoms with E-state index in [2.05, 4.69) is 17.1 Å². The van der Waals surface area contributed by atoms with Gasteiger partial charge in [-0.3, -0.25) is 5.43 Å². The van der Waals surface area contributed by atoms with Crippen molar-refractivity contribution in [1.29, 1.82) is 0 Å². The van der Waals surface area contributed by atoms with E-state index in [1.54, 1.807) is 6.08 Å². The van der Waals surface area contributed by atoms with Crippen molar-refractivity contribution in [2.45, 2.75) is 13.0 Å². The molecule has 2 N–H and O–H groups in total. The number of carboxylic acids is 1. The van der Waals surface area contributed by atoms with E-state index in [0.29, 0.717) is 0 Å². The largest absolute Gasteiger partial charge is 0.477 e. The van der Waals surface area contributed by atoms with Crippen LogP contribution in [0.15, 0.2) is 48.1 Å². The summed E-state index contributed by atoms with van der Waals surface area (Å²) in [5, 5.41) is 12.4. The summed E-state index contributed by atoms with van der Waals surface area (Å²) in [7, 11) is 0. The molecule has 1 unspecified atom stereocenters. The molecule has 0 fully saturated rings. The molecule has 0 aliphatic rings. The number of hydrogen-bond donors (Lipinski definition) is 2. The zero-order valence-electron chi connectivity index (χ0n) is 9.05. The second-order valence-electron chi connectivity index (χ2n) is 3.26. The third kappa shape index (κ3) is 3.24. The van der Waals surface area contributed by atoms with Gasteiger partial charge in [-0.1, -0.05) is 36.4 Å². The molecule has 0 aliphatic carbocycles. The first-order valence-electron chi connectivity index (χ1n) is 4.85. The van der Waals surface area contributed by atoms with E-state index in [-0.39, 0.29) is 11.8 Å². The van der Waals surface area contributed by atoms with Crippen LogP contribution in [-0.2, 0) is 4.79 Å². The highest BCUT2D eigenvalue weighted by atomic mass is 16.4. The number of benzene rings is 1. The number of hydrazone groups is 1. The van der Waals surface area contributed by atoms with Crippen molar-refractivity contribution >= 4 is 11.7 Å². The molecule has 0 saturated carbocycles. The number of carboxylic acid groups (broad SMARTS) is 1. The molecule has 0 amide bonds. The first-order valence-corrected chi connectivity index (χ1v) is 4.85. The molecule has 0 aromatic heterocycles. The Hall–Kier alpha value is -2.10. The van der Waals surface area contributed by atoms with Gasteiger partial charge >= 0.3 is 5.97 Å². The van der Waals surface area contributed by atoms with E-state index < -0.39 is 5.97 Å². The highest BCUT2D eigenvalue weighted by Gasteiger charge is 2.06. The fourth-order valence-corrected chi connectivity index (χ4v) is 1.14. The van der Waals surface area contributed by atoms with Crippen LogP contribution in [0.2, 0.25) is 0 Å². The first kappa shape index (κ1) is 12.0. The van der Waals surface area contributed by atoms with Gasteiger partial charge in [-0.2, -0.15) is 5.10 Å². The summed E-state index contributed by atoms with van der Waals surface area (Å²) in [6.07, 6.45) is 1.67. The minimum absolute atomic E-state index is 0.0165. The van der Waals surface area contributed by atoms with Crippen LogP contribution in [0.25, 0.3) is 0 Å². The fraction of sp³-hybridized carbons (Fsp3) is 0.167. The van der Waals surface area contributed by atoms with Crippen LogP contribution in [0.5, 0.6) is 0 Å². The molecule has 0 aliphatic heterocycles. The number of aliphatic carboxylic acids is 1. The van der Waals surface area contributed by atoms with Gasteiger partial charge in [0.05, 0.1) is 6.04 Å². The number of rotatable bonds is 5. The Labute approximate surface area is 94.3 Å². The predicted octanol–water partition coefficient (Wildman–Crippen LogP) is 1.96. The van der Waals surface area contributed by atoms with Gasteiger partial charge in [-0.15, -0.1) is 6.58 Å². The lowest BCUT2D eigenvalue weighted by molar-refractivity contribution is -0.129. The summed E-state index contributed by atoms with van der Waals surface area (Å²) >= 11 is 0. The van der Waals surface area contributed by atoms with Crippen LogP contribution in [0, 0.1) is 0 Å². The molecule has 0 bridgehead atoms. The second-order valence-corrected chi connectivity index (χ2v) is 3.26. The van der Waals surface area contributed by atoms with Crippen molar-refractivity contribution < 1.29 is 9.90 Å². The molecule has 0 heterocycles. The third-order valence-electron chi connectivity index (χ3n) is 2.08. The quantitative estimate of drug-likeness (QED) is 0.451. The zero-order valence-corrected chi connectivity index (χ0v) is 9.05. The summed E-state index contributed by atoms with van der Waals surface area (Å²) < 4.78 is 0. The van der Waals surface area contributed by atoms with Gasteiger partial charge in [0.25, 0.3) is 0 Å². The first-order chi connectivity index (χ1) is 7.65. The van der Waals surface area contributed by atoms with E-state index in [0.717, 1.165) is 5.56 Å². The molecule has 0 saturated heterocycles. The van der Waals surface area contributed by atoms with Gasteiger partial charge in [-0.25, -0.2) is 4.79 Å². The Kier molecular flexibility index (Phi) is 4.27. The van der Waals surface area contributed by atoms with Crippen molar-refractivity contribution in [2.24, 2.45) is 5.10 Å². The molecule has 4 heteroatoms. The number of carbonyl (C=O) groups is 1. The molecule has 1 atom stereocenters. The van der Waals surface area contributed by atoms with Crippen LogP contribution in [0.4, 0.5) is 0 Å². The molecule has 1 aromatic rings. The van der Waals surface area contributed by atoms with Crippen molar-refractivity contribution in [3.63, 3.8) is 0 Å².